The van der Waals surface area contributed by atoms with Gasteiger partial charge in [0, 0.05) is 24.1 Å². The molecule has 0 aliphatic heterocycles. The lowest BCUT2D eigenvalue weighted by molar-refractivity contribution is -0.695. The molecule has 0 aromatic carbocycles. The van der Waals surface area contributed by atoms with Crippen molar-refractivity contribution in [3.63, 3.8) is 0 Å². The van der Waals surface area contributed by atoms with Crippen LogP contribution in [0.1, 0.15) is 12.8 Å². The summed E-state index contributed by atoms with van der Waals surface area (Å²) in [4.78, 5) is 15.6. The normalized spacial score (nSPS) is 11.5. The average molecular weight is 328 g/mol. The average Bonchev–Trinajstić information content (AvgIpc) is 2.97. The van der Waals surface area contributed by atoms with Crippen molar-refractivity contribution in [2.45, 2.75) is 19.4 Å². The molecular weight excluding hydrogens is 314 g/mol. The van der Waals surface area contributed by atoms with E-state index in [4.69, 9.17) is 4.55 Å². The standard InChI is InChI=1S/C12H13N3O4S2/c16-11(4-8-21(17,18)19)3-7-15-5-1-10(2-6-15)12-13-9-14-20-12/h1-2,5-6,9H,3-4,7-8H2/p+1. The Morgan fingerprint density at radius 3 is 2.57 bits per heavy atom. The number of hydrogen-bond acceptors (Lipinski definition) is 6. The van der Waals surface area contributed by atoms with Crippen molar-refractivity contribution in [2.75, 3.05) is 5.75 Å². The second-order valence-corrected chi connectivity index (χ2v) is 6.75. The number of aryl methyl sites for hydroxylation is 1. The van der Waals surface area contributed by atoms with Crippen LogP contribution in [-0.4, -0.2) is 33.9 Å². The van der Waals surface area contributed by atoms with Crippen LogP contribution in [0, 0.1) is 0 Å². The number of aromatic nitrogens is 3. The molecule has 0 aliphatic rings. The number of pyridine rings is 1. The Morgan fingerprint density at radius 1 is 1.29 bits per heavy atom. The van der Waals surface area contributed by atoms with Crippen LogP contribution in [0.4, 0.5) is 0 Å². The zero-order chi connectivity index (χ0) is 15.3. The van der Waals surface area contributed by atoms with E-state index in [2.05, 4.69) is 9.36 Å². The third kappa shape index (κ3) is 5.29. The highest BCUT2D eigenvalue weighted by Gasteiger charge is 2.12. The second kappa shape index (κ2) is 6.83. The number of hydrogen-bond donors (Lipinski definition) is 1. The van der Waals surface area contributed by atoms with Crippen molar-refractivity contribution in [1.82, 2.24) is 9.36 Å². The van der Waals surface area contributed by atoms with E-state index >= 15 is 0 Å². The fourth-order valence-electron chi connectivity index (χ4n) is 1.67. The Labute approximate surface area is 126 Å². The minimum absolute atomic E-state index is 0.164. The van der Waals surface area contributed by atoms with E-state index in [1.165, 1.54) is 17.9 Å². The van der Waals surface area contributed by atoms with Gasteiger partial charge in [0.25, 0.3) is 10.1 Å². The summed E-state index contributed by atoms with van der Waals surface area (Å²) in [6.45, 7) is 0.459. The first kappa shape index (κ1) is 15.7. The van der Waals surface area contributed by atoms with Crippen molar-refractivity contribution in [2.24, 2.45) is 0 Å². The number of ketones is 1. The number of carbonyl (C=O) groups is 1. The fraction of sp³-hybridized carbons (Fsp3) is 0.333. The molecular formula is C12H14N3O4S2+. The Kier molecular flexibility index (Phi) is 5.10. The number of rotatable bonds is 7. The molecule has 0 bridgehead atoms. The Hall–Kier alpha value is -1.71. The zero-order valence-corrected chi connectivity index (χ0v) is 12.7. The van der Waals surface area contributed by atoms with E-state index in [1.54, 1.807) is 0 Å². The van der Waals surface area contributed by atoms with Gasteiger partial charge in [0.05, 0.1) is 12.2 Å². The minimum atomic E-state index is -4.07. The van der Waals surface area contributed by atoms with Crippen LogP contribution >= 0.6 is 11.5 Å². The van der Waals surface area contributed by atoms with Gasteiger partial charge >= 0.3 is 0 Å². The quantitative estimate of drug-likeness (QED) is 0.594. The number of nitrogens with zero attached hydrogens (tertiary/aromatic N) is 3. The topological polar surface area (TPSA) is 101 Å². The molecule has 112 valence electrons. The van der Waals surface area contributed by atoms with Crippen LogP contribution in [0.5, 0.6) is 0 Å². The molecule has 2 aromatic heterocycles. The molecule has 0 unspecified atom stereocenters. The SMILES string of the molecule is O=C(CC[n+]1ccc(-c2ncns2)cc1)CCS(=O)(=O)O. The smallest absolute Gasteiger partial charge is 0.265 e. The summed E-state index contributed by atoms with van der Waals surface area (Å²) in [6.07, 6.45) is 5.20. The van der Waals surface area contributed by atoms with Gasteiger partial charge in [0.15, 0.2) is 18.9 Å². The third-order valence-electron chi connectivity index (χ3n) is 2.79. The molecule has 0 saturated carbocycles. The largest absolute Gasteiger partial charge is 0.299 e. The highest BCUT2D eigenvalue weighted by Crippen LogP contribution is 2.17. The summed E-state index contributed by atoms with van der Waals surface area (Å²) in [5, 5.41) is 0.825. The van der Waals surface area contributed by atoms with E-state index < -0.39 is 15.9 Å². The number of carbonyl (C=O) groups excluding carboxylic acids is 1. The van der Waals surface area contributed by atoms with Crippen LogP contribution < -0.4 is 4.57 Å². The Balaban J connectivity index is 1.85. The van der Waals surface area contributed by atoms with Gasteiger partial charge in [-0.2, -0.15) is 12.8 Å². The molecule has 2 aromatic rings. The molecule has 0 fully saturated rings. The van der Waals surface area contributed by atoms with Gasteiger partial charge in [0.2, 0.25) is 0 Å². The van der Waals surface area contributed by atoms with Gasteiger partial charge in [-0.3, -0.25) is 9.35 Å². The number of Topliss-reactive ketones (excluding diaryl/α,β-unsaturated/α-hetero) is 1. The maximum Gasteiger partial charge on any atom is 0.265 e. The molecule has 9 heteroatoms. The lowest BCUT2D eigenvalue weighted by atomic mass is 10.2. The van der Waals surface area contributed by atoms with Gasteiger partial charge in [0.1, 0.15) is 17.1 Å². The molecule has 2 heterocycles. The summed E-state index contributed by atoms with van der Waals surface area (Å²) in [5.74, 6) is -0.722. The van der Waals surface area contributed by atoms with Crippen molar-refractivity contribution in [3.05, 3.63) is 30.9 Å². The van der Waals surface area contributed by atoms with Gasteiger partial charge < -0.3 is 0 Å². The molecule has 0 aliphatic carbocycles. The lowest BCUT2D eigenvalue weighted by Crippen LogP contribution is -2.33. The first-order valence-corrected chi connectivity index (χ1v) is 8.55. The fourth-order valence-corrected chi connectivity index (χ4v) is 2.69. The third-order valence-corrected chi connectivity index (χ3v) is 4.22. The van der Waals surface area contributed by atoms with Crippen molar-refractivity contribution in [3.8, 4) is 10.6 Å². The van der Waals surface area contributed by atoms with Gasteiger partial charge in [-0.05, 0) is 11.5 Å². The predicted octanol–water partition coefficient (Wildman–Crippen LogP) is 0.730. The molecule has 2 rings (SSSR count). The van der Waals surface area contributed by atoms with E-state index in [9.17, 15) is 13.2 Å². The molecule has 0 radical (unpaired) electrons. The summed E-state index contributed by atoms with van der Waals surface area (Å²) >= 11 is 1.30. The molecule has 0 saturated heterocycles. The van der Waals surface area contributed by atoms with Crippen LogP contribution in [0.2, 0.25) is 0 Å². The second-order valence-electron chi connectivity index (χ2n) is 4.40. The van der Waals surface area contributed by atoms with Crippen LogP contribution in [0.15, 0.2) is 30.9 Å². The van der Waals surface area contributed by atoms with E-state index in [1.807, 2.05) is 29.1 Å². The lowest BCUT2D eigenvalue weighted by Gasteiger charge is -1.99. The highest BCUT2D eigenvalue weighted by atomic mass is 32.2. The summed E-state index contributed by atoms with van der Waals surface area (Å²) in [5.41, 5.74) is 0.950. The van der Waals surface area contributed by atoms with Crippen molar-refractivity contribution < 1.29 is 22.3 Å². The minimum Gasteiger partial charge on any atom is -0.299 e. The van der Waals surface area contributed by atoms with Crippen LogP contribution in [0.3, 0.4) is 0 Å². The molecule has 21 heavy (non-hydrogen) atoms. The summed E-state index contributed by atoms with van der Waals surface area (Å²) in [7, 11) is -4.07. The maximum atomic E-state index is 11.5. The summed E-state index contributed by atoms with van der Waals surface area (Å²) < 4.78 is 35.4. The van der Waals surface area contributed by atoms with Gasteiger partial charge in [-0.15, -0.1) is 0 Å². The monoisotopic (exact) mass is 328 g/mol. The molecule has 0 atom stereocenters. The first-order valence-electron chi connectivity index (χ1n) is 6.17. The van der Waals surface area contributed by atoms with E-state index in [0.717, 1.165) is 10.6 Å². The molecule has 0 amide bonds. The van der Waals surface area contributed by atoms with Gasteiger partial charge in [-0.25, -0.2) is 9.55 Å². The molecule has 7 nitrogen and oxygen atoms in total. The van der Waals surface area contributed by atoms with Gasteiger partial charge in [-0.1, -0.05) is 0 Å². The predicted molar refractivity (Wildman–Crippen MR) is 76.2 cm³/mol. The zero-order valence-electron chi connectivity index (χ0n) is 11.0. The Morgan fingerprint density at radius 2 is 2.00 bits per heavy atom. The first-order chi connectivity index (χ1) is 9.94. The summed E-state index contributed by atoms with van der Waals surface area (Å²) in [6, 6.07) is 3.76. The molecule has 0 spiro atoms. The highest BCUT2D eigenvalue weighted by molar-refractivity contribution is 7.85. The Bertz CT molecular complexity index is 697. The maximum absolute atomic E-state index is 11.5. The van der Waals surface area contributed by atoms with Crippen LogP contribution in [-0.2, 0) is 21.5 Å². The van der Waals surface area contributed by atoms with E-state index in [-0.39, 0.29) is 18.6 Å². The van der Waals surface area contributed by atoms with Crippen LogP contribution in [0.25, 0.3) is 10.6 Å². The molecule has 1 N–H and O–H groups in total. The van der Waals surface area contributed by atoms with E-state index in [0.29, 0.717) is 6.54 Å². The van der Waals surface area contributed by atoms with Crippen molar-refractivity contribution >= 4 is 27.4 Å². The van der Waals surface area contributed by atoms with Crippen molar-refractivity contribution in [1.29, 1.82) is 0 Å².